The molecule has 0 amide bonds. The molecular formula is C22H34N2OSi. The van der Waals surface area contributed by atoms with Gasteiger partial charge in [0.05, 0.1) is 0 Å². The fourth-order valence-electron chi connectivity index (χ4n) is 4.72. The van der Waals surface area contributed by atoms with E-state index in [0.717, 1.165) is 13.2 Å². The Hall–Kier alpha value is -1.10. The smallest absolute Gasteiger partial charge is 0.191 e. The van der Waals surface area contributed by atoms with E-state index in [2.05, 4.69) is 75.2 Å². The first-order valence-corrected chi connectivity index (χ1v) is 13.0. The third-order valence-electron chi connectivity index (χ3n) is 7.30. The molecule has 1 saturated heterocycles. The number of aromatic nitrogens is 1. The van der Waals surface area contributed by atoms with E-state index >= 15 is 0 Å². The number of rotatable bonds is 3. The second-order valence-electron chi connectivity index (χ2n) is 10.1. The van der Waals surface area contributed by atoms with Crippen molar-refractivity contribution >= 4 is 19.2 Å². The van der Waals surface area contributed by atoms with Crippen molar-refractivity contribution in [3.8, 4) is 0 Å². The zero-order valence-electron chi connectivity index (χ0n) is 17.2. The summed E-state index contributed by atoms with van der Waals surface area (Å²) < 4.78 is 6.60. The standard InChI is InChI=1S/C22H34N2OSi/c1-22(2,3)26(5,6)25-14-15-10-18-17-8-7-9-19-21(17)16(12-23-19)11-20(18)24(4)13-15/h7-9,12,15,18,20,23H,10-11,13-14H2,1-6H3/t15-,18?,20-/m1/s1. The molecule has 1 aliphatic carbocycles. The molecule has 26 heavy (non-hydrogen) atoms. The number of fused-ring (bicyclic) bond motifs is 2. The summed E-state index contributed by atoms with van der Waals surface area (Å²) in [6.07, 6.45) is 4.66. The van der Waals surface area contributed by atoms with E-state index in [4.69, 9.17) is 4.43 Å². The number of hydrogen-bond donors (Lipinski definition) is 1. The Morgan fingerprint density at radius 2 is 2.04 bits per heavy atom. The zero-order valence-corrected chi connectivity index (χ0v) is 18.2. The number of likely N-dealkylation sites (tertiary alicyclic amines) is 1. The highest BCUT2D eigenvalue weighted by Crippen LogP contribution is 2.45. The van der Waals surface area contributed by atoms with Crippen molar-refractivity contribution in [2.24, 2.45) is 5.92 Å². The molecule has 0 spiro atoms. The van der Waals surface area contributed by atoms with E-state index in [1.165, 1.54) is 29.3 Å². The molecule has 1 aromatic heterocycles. The molecule has 1 fully saturated rings. The molecule has 0 radical (unpaired) electrons. The van der Waals surface area contributed by atoms with Crippen LogP contribution in [-0.4, -0.2) is 44.4 Å². The van der Waals surface area contributed by atoms with Crippen LogP contribution < -0.4 is 0 Å². The SMILES string of the molecule is CN1C[C@H](CO[Si](C)(C)C(C)(C)C)CC2c3cccc4[nH]cc(c34)C[C@H]21. The van der Waals surface area contributed by atoms with E-state index in [0.29, 0.717) is 17.9 Å². The lowest BCUT2D eigenvalue weighted by molar-refractivity contribution is 0.0799. The molecule has 1 N–H and O–H groups in total. The van der Waals surface area contributed by atoms with Gasteiger partial charge in [0.1, 0.15) is 0 Å². The lowest BCUT2D eigenvalue weighted by Gasteiger charge is -2.46. The van der Waals surface area contributed by atoms with Gasteiger partial charge in [0.2, 0.25) is 0 Å². The van der Waals surface area contributed by atoms with Crippen LogP contribution in [0.2, 0.25) is 18.1 Å². The van der Waals surface area contributed by atoms with Crippen LogP contribution in [0, 0.1) is 5.92 Å². The largest absolute Gasteiger partial charge is 0.416 e. The minimum Gasteiger partial charge on any atom is -0.416 e. The van der Waals surface area contributed by atoms with Gasteiger partial charge in [-0.15, -0.1) is 0 Å². The lowest BCUT2D eigenvalue weighted by atomic mass is 9.72. The summed E-state index contributed by atoms with van der Waals surface area (Å²) in [6.45, 7) is 13.8. The first-order valence-electron chi connectivity index (χ1n) is 10.1. The molecular weight excluding hydrogens is 336 g/mol. The maximum Gasteiger partial charge on any atom is 0.191 e. The summed E-state index contributed by atoms with van der Waals surface area (Å²) in [5.41, 5.74) is 4.36. The van der Waals surface area contributed by atoms with E-state index in [9.17, 15) is 0 Å². The van der Waals surface area contributed by atoms with Crippen molar-refractivity contribution in [3.63, 3.8) is 0 Å². The van der Waals surface area contributed by atoms with Crippen LogP contribution in [0.1, 0.15) is 44.2 Å². The van der Waals surface area contributed by atoms with Crippen molar-refractivity contribution in [2.75, 3.05) is 20.2 Å². The molecule has 2 heterocycles. The number of likely N-dealkylation sites (N-methyl/N-ethyl adjacent to an activating group) is 1. The fraction of sp³-hybridized carbons (Fsp3) is 0.636. The topological polar surface area (TPSA) is 28.3 Å². The van der Waals surface area contributed by atoms with Crippen molar-refractivity contribution in [3.05, 3.63) is 35.5 Å². The van der Waals surface area contributed by atoms with Crippen LogP contribution in [0.4, 0.5) is 0 Å². The van der Waals surface area contributed by atoms with Crippen molar-refractivity contribution in [1.29, 1.82) is 0 Å². The van der Waals surface area contributed by atoms with E-state index < -0.39 is 8.32 Å². The second-order valence-corrected chi connectivity index (χ2v) is 14.9. The molecule has 3 nitrogen and oxygen atoms in total. The number of nitrogens with zero attached hydrogens (tertiary/aromatic N) is 1. The summed E-state index contributed by atoms with van der Waals surface area (Å²) in [5, 5.41) is 1.78. The second kappa shape index (κ2) is 6.22. The van der Waals surface area contributed by atoms with Gasteiger partial charge < -0.3 is 14.3 Å². The van der Waals surface area contributed by atoms with Gasteiger partial charge in [-0.25, -0.2) is 0 Å². The summed E-state index contributed by atoms with van der Waals surface area (Å²) in [5.74, 6) is 1.26. The molecule has 1 aromatic carbocycles. The first-order chi connectivity index (χ1) is 12.2. The Kier molecular flexibility index (Phi) is 4.37. The van der Waals surface area contributed by atoms with Gasteiger partial charge in [0.25, 0.3) is 0 Å². The minimum atomic E-state index is -1.67. The molecule has 0 bridgehead atoms. The highest BCUT2D eigenvalue weighted by molar-refractivity contribution is 6.74. The maximum atomic E-state index is 6.60. The average Bonchev–Trinajstić information content (AvgIpc) is 2.98. The maximum absolute atomic E-state index is 6.60. The van der Waals surface area contributed by atoms with Crippen molar-refractivity contribution in [1.82, 2.24) is 9.88 Å². The number of piperidine rings is 1. The molecule has 4 heteroatoms. The Morgan fingerprint density at radius 1 is 1.27 bits per heavy atom. The molecule has 2 aliphatic rings. The Balaban J connectivity index is 1.56. The summed E-state index contributed by atoms with van der Waals surface area (Å²) >= 11 is 0. The monoisotopic (exact) mass is 370 g/mol. The highest BCUT2D eigenvalue weighted by Gasteiger charge is 2.41. The molecule has 1 unspecified atom stereocenters. The Labute approximate surface area is 159 Å². The fourth-order valence-corrected chi connectivity index (χ4v) is 5.80. The van der Waals surface area contributed by atoms with Crippen LogP contribution >= 0.6 is 0 Å². The van der Waals surface area contributed by atoms with Gasteiger partial charge in [0, 0.05) is 42.2 Å². The van der Waals surface area contributed by atoms with Gasteiger partial charge in [-0.1, -0.05) is 32.9 Å². The summed E-state index contributed by atoms with van der Waals surface area (Å²) in [6, 6.07) is 7.43. The number of nitrogens with one attached hydrogen (secondary N) is 1. The Morgan fingerprint density at radius 3 is 2.77 bits per heavy atom. The molecule has 1 aliphatic heterocycles. The molecule has 4 rings (SSSR count). The van der Waals surface area contributed by atoms with Crippen LogP contribution in [0.25, 0.3) is 10.9 Å². The lowest BCUT2D eigenvalue weighted by Crippen LogP contribution is -2.50. The summed E-state index contributed by atoms with van der Waals surface area (Å²) in [7, 11) is 0.640. The predicted octanol–water partition coefficient (Wildman–Crippen LogP) is 5.15. The third-order valence-corrected chi connectivity index (χ3v) is 11.8. The molecule has 2 aromatic rings. The van der Waals surface area contributed by atoms with Crippen LogP contribution in [0.3, 0.4) is 0 Å². The zero-order chi connectivity index (χ0) is 18.7. The molecule has 142 valence electrons. The van der Waals surface area contributed by atoms with Gasteiger partial charge in [-0.3, -0.25) is 0 Å². The minimum absolute atomic E-state index is 0.284. The third kappa shape index (κ3) is 2.96. The quantitative estimate of drug-likeness (QED) is 0.757. The van der Waals surface area contributed by atoms with Crippen LogP contribution in [0.15, 0.2) is 24.4 Å². The number of aromatic amines is 1. The van der Waals surface area contributed by atoms with Crippen molar-refractivity contribution in [2.45, 2.75) is 63.7 Å². The van der Waals surface area contributed by atoms with E-state index in [1.54, 1.807) is 5.56 Å². The highest BCUT2D eigenvalue weighted by atomic mass is 28.4. The first kappa shape index (κ1) is 18.3. The Bertz CT molecular complexity index is 804. The van der Waals surface area contributed by atoms with Crippen molar-refractivity contribution < 1.29 is 4.43 Å². The number of H-pyrrole nitrogens is 1. The van der Waals surface area contributed by atoms with Gasteiger partial charge in [-0.05, 0) is 61.1 Å². The van der Waals surface area contributed by atoms with Crippen LogP contribution in [-0.2, 0) is 10.8 Å². The normalized spacial score (nSPS) is 26.9. The molecule has 3 atom stereocenters. The van der Waals surface area contributed by atoms with Gasteiger partial charge in [-0.2, -0.15) is 0 Å². The van der Waals surface area contributed by atoms with Crippen LogP contribution in [0.5, 0.6) is 0 Å². The predicted molar refractivity (Wildman–Crippen MR) is 112 cm³/mol. The average molecular weight is 371 g/mol. The van der Waals surface area contributed by atoms with E-state index in [-0.39, 0.29) is 5.04 Å². The van der Waals surface area contributed by atoms with E-state index in [1.807, 2.05) is 0 Å². The van der Waals surface area contributed by atoms with Gasteiger partial charge in [0.15, 0.2) is 8.32 Å². The van der Waals surface area contributed by atoms with Gasteiger partial charge >= 0.3 is 0 Å². The summed E-state index contributed by atoms with van der Waals surface area (Å²) in [4.78, 5) is 6.08. The number of hydrogen-bond acceptors (Lipinski definition) is 2. The molecule has 0 saturated carbocycles. The number of benzene rings is 1.